The monoisotopic (exact) mass is 368 g/mol. The topological polar surface area (TPSA) is 90.1 Å². The lowest BCUT2D eigenvalue weighted by Crippen LogP contribution is -2.15. The van der Waals surface area contributed by atoms with E-state index >= 15 is 0 Å². The highest BCUT2D eigenvalue weighted by Gasteiger charge is 2.11. The number of nitrogens with zero attached hydrogens (tertiary/aromatic N) is 3. The van der Waals surface area contributed by atoms with Crippen LogP contribution in [0.2, 0.25) is 0 Å². The third-order valence-corrected chi connectivity index (χ3v) is 4.61. The number of hydrogen-bond acceptors (Lipinski definition) is 5. The molecule has 1 N–H and O–H groups in total. The van der Waals surface area contributed by atoms with Gasteiger partial charge in [0.05, 0.1) is 10.6 Å². The molecule has 0 fully saturated rings. The van der Waals surface area contributed by atoms with Gasteiger partial charge in [-0.2, -0.15) is 5.10 Å². The average molecular weight is 368 g/mol. The molecule has 0 aliphatic carbocycles. The van der Waals surface area contributed by atoms with Crippen LogP contribution >= 0.6 is 11.8 Å². The Morgan fingerprint density at radius 3 is 2.62 bits per heavy atom. The van der Waals surface area contributed by atoms with E-state index in [1.165, 1.54) is 17.1 Å². The maximum atomic E-state index is 12.2. The van der Waals surface area contributed by atoms with Gasteiger partial charge in [-0.1, -0.05) is 42.1 Å². The Balaban J connectivity index is 1.61. The average Bonchev–Trinajstić information content (AvgIpc) is 3.12. The highest BCUT2D eigenvalue weighted by atomic mass is 32.2. The zero-order chi connectivity index (χ0) is 18.4. The predicted octanol–water partition coefficient (Wildman–Crippen LogP) is 3.97. The van der Waals surface area contributed by atoms with Crippen LogP contribution in [-0.2, 0) is 11.3 Å². The van der Waals surface area contributed by atoms with Gasteiger partial charge in [-0.3, -0.25) is 19.6 Å². The molecule has 1 aromatic heterocycles. The third-order valence-electron chi connectivity index (χ3n) is 3.53. The first-order valence-electron chi connectivity index (χ1n) is 7.90. The number of amides is 1. The van der Waals surface area contributed by atoms with Crippen LogP contribution in [0.3, 0.4) is 0 Å². The van der Waals surface area contributed by atoms with Crippen LogP contribution < -0.4 is 5.32 Å². The quantitative estimate of drug-likeness (QED) is 0.503. The number of rotatable bonds is 7. The van der Waals surface area contributed by atoms with E-state index in [-0.39, 0.29) is 24.6 Å². The first-order chi connectivity index (χ1) is 12.6. The van der Waals surface area contributed by atoms with Crippen LogP contribution in [0.25, 0.3) is 0 Å². The van der Waals surface area contributed by atoms with Crippen molar-refractivity contribution in [2.45, 2.75) is 22.8 Å². The van der Waals surface area contributed by atoms with Crippen molar-refractivity contribution in [1.29, 1.82) is 0 Å². The van der Waals surface area contributed by atoms with E-state index in [0.29, 0.717) is 0 Å². The molecule has 26 heavy (non-hydrogen) atoms. The number of hydrogen-bond donors (Lipinski definition) is 1. The third kappa shape index (κ3) is 4.70. The van der Waals surface area contributed by atoms with Gasteiger partial charge in [0.1, 0.15) is 12.4 Å². The summed E-state index contributed by atoms with van der Waals surface area (Å²) in [5, 5.41) is 17.4. The molecular weight excluding hydrogens is 352 g/mol. The summed E-state index contributed by atoms with van der Waals surface area (Å²) >= 11 is 1.57. The SMILES string of the molecule is O=C(CCn1cc([N+](=O)[O-])cn1)Nc1ccccc1Sc1ccccc1. The van der Waals surface area contributed by atoms with Crippen LogP contribution in [-0.4, -0.2) is 20.6 Å². The van der Waals surface area contributed by atoms with Gasteiger partial charge >= 0.3 is 5.69 Å². The number of para-hydroxylation sites is 1. The van der Waals surface area contributed by atoms with Gasteiger partial charge in [0, 0.05) is 22.8 Å². The standard InChI is InChI=1S/C18H16N4O3S/c23-18(10-11-21-13-14(12-19-21)22(24)25)20-16-8-4-5-9-17(16)26-15-6-2-1-3-7-15/h1-9,12-13H,10-11H2,(H,20,23). The summed E-state index contributed by atoms with van der Waals surface area (Å²) in [5.41, 5.74) is 0.646. The van der Waals surface area contributed by atoms with Crippen molar-refractivity contribution in [3.63, 3.8) is 0 Å². The Kier molecular flexibility index (Phi) is 5.65. The molecule has 3 aromatic rings. The van der Waals surface area contributed by atoms with Crippen LogP contribution in [0.15, 0.2) is 76.8 Å². The largest absolute Gasteiger partial charge is 0.325 e. The smallest absolute Gasteiger partial charge is 0.306 e. The highest BCUT2D eigenvalue weighted by molar-refractivity contribution is 7.99. The summed E-state index contributed by atoms with van der Waals surface area (Å²) in [7, 11) is 0. The maximum absolute atomic E-state index is 12.2. The van der Waals surface area contributed by atoms with E-state index in [2.05, 4.69) is 10.4 Å². The van der Waals surface area contributed by atoms with Crippen molar-refractivity contribution in [2.24, 2.45) is 0 Å². The molecule has 0 unspecified atom stereocenters. The number of benzene rings is 2. The summed E-state index contributed by atoms with van der Waals surface area (Å²) in [4.78, 5) is 24.4. The Morgan fingerprint density at radius 1 is 1.15 bits per heavy atom. The fourth-order valence-corrected chi connectivity index (χ4v) is 3.20. The van der Waals surface area contributed by atoms with Crippen LogP contribution in [0.4, 0.5) is 11.4 Å². The number of carbonyl (C=O) groups is 1. The second-order valence-electron chi connectivity index (χ2n) is 5.43. The Morgan fingerprint density at radius 2 is 1.88 bits per heavy atom. The van der Waals surface area contributed by atoms with Crippen molar-refractivity contribution >= 4 is 29.0 Å². The first-order valence-corrected chi connectivity index (χ1v) is 8.72. The molecule has 0 saturated heterocycles. The highest BCUT2D eigenvalue weighted by Crippen LogP contribution is 2.33. The van der Waals surface area contributed by atoms with Gasteiger partial charge in [-0.25, -0.2) is 0 Å². The molecule has 132 valence electrons. The number of aromatic nitrogens is 2. The van der Waals surface area contributed by atoms with Crippen LogP contribution in [0.5, 0.6) is 0 Å². The molecule has 2 aromatic carbocycles. The molecule has 1 amide bonds. The molecule has 0 spiro atoms. The molecular formula is C18H16N4O3S. The van der Waals surface area contributed by atoms with Crippen molar-refractivity contribution in [3.05, 3.63) is 77.1 Å². The van der Waals surface area contributed by atoms with E-state index in [4.69, 9.17) is 0 Å². The van der Waals surface area contributed by atoms with Gasteiger partial charge < -0.3 is 5.32 Å². The van der Waals surface area contributed by atoms with Gasteiger partial charge in [0.25, 0.3) is 0 Å². The lowest BCUT2D eigenvalue weighted by molar-refractivity contribution is -0.385. The molecule has 0 radical (unpaired) electrons. The van der Waals surface area contributed by atoms with Crippen molar-refractivity contribution in [2.75, 3.05) is 5.32 Å². The lowest BCUT2D eigenvalue weighted by Gasteiger charge is -2.10. The van der Waals surface area contributed by atoms with E-state index < -0.39 is 4.92 Å². The molecule has 1 heterocycles. The van der Waals surface area contributed by atoms with Gasteiger partial charge in [0.2, 0.25) is 5.91 Å². The fourth-order valence-electron chi connectivity index (χ4n) is 2.27. The second-order valence-corrected chi connectivity index (χ2v) is 6.54. The lowest BCUT2D eigenvalue weighted by atomic mass is 10.3. The Bertz CT molecular complexity index is 912. The summed E-state index contributed by atoms with van der Waals surface area (Å²) in [5.74, 6) is -0.177. The molecule has 8 heteroatoms. The second kappa shape index (κ2) is 8.30. The minimum absolute atomic E-state index is 0.0879. The zero-order valence-electron chi connectivity index (χ0n) is 13.7. The van der Waals surface area contributed by atoms with E-state index in [1.807, 2.05) is 54.6 Å². The number of carbonyl (C=O) groups excluding carboxylic acids is 1. The summed E-state index contributed by atoms with van der Waals surface area (Å²) < 4.78 is 1.39. The Hall–Kier alpha value is -3.13. The van der Waals surface area contributed by atoms with E-state index in [9.17, 15) is 14.9 Å². The van der Waals surface area contributed by atoms with Gasteiger partial charge in [0.15, 0.2) is 0 Å². The number of nitro groups is 1. The number of anilines is 1. The Labute approximate surface area is 154 Å². The molecule has 0 aliphatic heterocycles. The van der Waals surface area contributed by atoms with Crippen molar-refractivity contribution in [3.8, 4) is 0 Å². The maximum Gasteiger partial charge on any atom is 0.306 e. The summed E-state index contributed by atoms with van der Waals surface area (Å²) in [6.45, 7) is 0.271. The van der Waals surface area contributed by atoms with Gasteiger partial charge in [-0.15, -0.1) is 0 Å². The minimum Gasteiger partial charge on any atom is -0.325 e. The van der Waals surface area contributed by atoms with Crippen LogP contribution in [0, 0.1) is 10.1 Å². The van der Waals surface area contributed by atoms with E-state index in [1.54, 1.807) is 11.8 Å². The summed E-state index contributed by atoms with van der Waals surface area (Å²) in [6, 6.07) is 17.5. The molecule has 0 aliphatic rings. The van der Waals surface area contributed by atoms with Gasteiger partial charge in [-0.05, 0) is 24.3 Å². The molecule has 0 bridgehead atoms. The van der Waals surface area contributed by atoms with Crippen LogP contribution in [0.1, 0.15) is 6.42 Å². The molecule has 0 saturated carbocycles. The molecule has 0 atom stereocenters. The summed E-state index contributed by atoms with van der Waals surface area (Å²) in [6.07, 6.45) is 2.65. The first kappa shape index (κ1) is 17.7. The minimum atomic E-state index is -0.513. The zero-order valence-corrected chi connectivity index (χ0v) is 14.6. The molecule has 7 nitrogen and oxygen atoms in total. The fraction of sp³-hybridized carbons (Fsp3) is 0.111. The predicted molar refractivity (Wildman–Crippen MR) is 99.1 cm³/mol. The normalized spacial score (nSPS) is 10.5. The number of nitrogens with one attached hydrogen (secondary N) is 1. The molecule has 3 rings (SSSR count). The van der Waals surface area contributed by atoms with E-state index in [0.717, 1.165) is 15.5 Å². The number of aryl methyl sites for hydroxylation is 1. The van der Waals surface area contributed by atoms with Crippen molar-refractivity contribution < 1.29 is 9.72 Å². The van der Waals surface area contributed by atoms with Crippen molar-refractivity contribution in [1.82, 2.24) is 9.78 Å².